The summed E-state index contributed by atoms with van der Waals surface area (Å²) in [6.07, 6.45) is 2.39. The van der Waals surface area contributed by atoms with Crippen LogP contribution in [0.3, 0.4) is 0 Å². The zero-order valence-electron chi connectivity index (χ0n) is 14.1. The van der Waals surface area contributed by atoms with Crippen molar-refractivity contribution in [2.24, 2.45) is 0 Å². The Morgan fingerprint density at radius 1 is 1.00 bits per heavy atom. The predicted molar refractivity (Wildman–Crippen MR) is 86.4 cm³/mol. The molecular weight excluding hydrogens is 250 g/mol. The van der Waals surface area contributed by atoms with Crippen LogP contribution < -0.4 is 5.32 Å². The highest BCUT2D eigenvalue weighted by atomic mass is 16.5. The molecule has 20 heavy (non-hydrogen) atoms. The standard InChI is InChI=1S/C16H35N3O/c1-5-20-15-7-6-8-17-9-10-18-11-13-19(14-12-18)16(2,3)4/h17H,5-15H2,1-4H3. The molecule has 0 radical (unpaired) electrons. The molecule has 0 bridgehead atoms. The van der Waals surface area contributed by atoms with Gasteiger partial charge >= 0.3 is 0 Å². The third kappa shape index (κ3) is 7.58. The fraction of sp³-hybridized carbons (Fsp3) is 1.00. The van der Waals surface area contributed by atoms with Gasteiger partial charge in [-0.3, -0.25) is 9.80 Å². The van der Waals surface area contributed by atoms with Crippen LogP contribution in [0.2, 0.25) is 0 Å². The van der Waals surface area contributed by atoms with Crippen LogP contribution in [0.5, 0.6) is 0 Å². The summed E-state index contributed by atoms with van der Waals surface area (Å²) in [5, 5.41) is 3.54. The fourth-order valence-electron chi connectivity index (χ4n) is 2.60. The largest absolute Gasteiger partial charge is 0.382 e. The summed E-state index contributed by atoms with van der Waals surface area (Å²) in [7, 11) is 0. The van der Waals surface area contributed by atoms with Crippen molar-refractivity contribution in [1.82, 2.24) is 15.1 Å². The molecule has 4 heteroatoms. The van der Waals surface area contributed by atoms with E-state index in [1.165, 1.54) is 45.6 Å². The molecule has 120 valence electrons. The smallest absolute Gasteiger partial charge is 0.0466 e. The quantitative estimate of drug-likeness (QED) is 0.654. The number of rotatable bonds is 9. The number of unbranched alkanes of at least 4 members (excludes halogenated alkanes) is 1. The average molecular weight is 285 g/mol. The summed E-state index contributed by atoms with van der Waals surface area (Å²) in [6, 6.07) is 0. The number of ether oxygens (including phenoxy) is 1. The zero-order chi connectivity index (χ0) is 14.8. The lowest BCUT2D eigenvalue weighted by molar-refractivity contribution is 0.0628. The summed E-state index contributed by atoms with van der Waals surface area (Å²) in [6.45, 7) is 19.0. The minimum absolute atomic E-state index is 0.324. The van der Waals surface area contributed by atoms with Gasteiger partial charge in [0.15, 0.2) is 0 Å². The van der Waals surface area contributed by atoms with Crippen molar-refractivity contribution in [3.05, 3.63) is 0 Å². The van der Waals surface area contributed by atoms with Crippen LogP contribution in [-0.2, 0) is 4.74 Å². The maximum Gasteiger partial charge on any atom is 0.0466 e. The van der Waals surface area contributed by atoms with E-state index in [1.807, 2.05) is 0 Å². The van der Waals surface area contributed by atoms with Gasteiger partial charge in [-0.2, -0.15) is 0 Å². The molecule has 1 heterocycles. The monoisotopic (exact) mass is 285 g/mol. The van der Waals surface area contributed by atoms with Gasteiger partial charge in [-0.25, -0.2) is 0 Å². The van der Waals surface area contributed by atoms with E-state index in [1.54, 1.807) is 0 Å². The number of nitrogens with zero attached hydrogens (tertiary/aromatic N) is 2. The molecule has 1 aliphatic heterocycles. The number of piperazine rings is 1. The molecule has 0 unspecified atom stereocenters. The molecule has 0 amide bonds. The van der Waals surface area contributed by atoms with E-state index in [2.05, 4.69) is 42.8 Å². The molecule has 0 aliphatic carbocycles. The van der Waals surface area contributed by atoms with Gasteiger partial charge in [0.05, 0.1) is 0 Å². The fourth-order valence-corrected chi connectivity index (χ4v) is 2.60. The first-order valence-corrected chi connectivity index (χ1v) is 8.30. The van der Waals surface area contributed by atoms with Crippen LogP contribution in [0.25, 0.3) is 0 Å². The Morgan fingerprint density at radius 3 is 2.30 bits per heavy atom. The van der Waals surface area contributed by atoms with E-state index in [0.29, 0.717) is 5.54 Å². The average Bonchev–Trinajstić information content (AvgIpc) is 2.41. The van der Waals surface area contributed by atoms with Crippen molar-refractivity contribution in [3.63, 3.8) is 0 Å². The number of nitrogens with one attached hydrogen (secondary N) is 1. The van der Waals surface area contributed by atoms with Gasteiger partial charge in [0, 0.05) is 58.0 Å². The van der Waals surface area contributed by atoms with Gasteiger partial charge in [0.2, 0.25) is 0 Å². The van der Waals surface area contributed by atoms with E-state index in [4.69, 9.17) is 4.74 Å². The van der Waals surface area contributed by atoms with Crippen molar-refractivity contribution in [1.29, 1.82) is 0 Å². The van der Waals surface area contributed by atoms with Crippen LogP contribution in [0, 0.1) is 0 Å². The zero-order valence-corrected chi connectivity index (χ0v) is 14.1. The Morgan fingerprint density at radius 2 is 1.70 bits per heavy atom. The molecule has 0 aromatic carbocycles. The second-order valence-electron chi connectivity index (χ2n) is 6.65. The van der Waals surface area contributed by atoms with Gasteiger partial charge in [-0.05, 0) is 47.1 Å². The predicted octanol–water partition coefficient (Wildman–Crippen LogP) is 1.81. The maximum atomic E-state index is 5.33. The summed E-state index contributed by atoms with van der Waals surface area (Å²) in [4.78, 5) is 5.17. The molecule has 0 spiro atoms. The van der Waals surface area contributed by atoms with Gasteiger partial charge in [0.25, 0.3) is 0 Å². The molecule has 0 saturated carbocycles. The lowest BCUT2D eigenvalue weighted by atomic mass is 10.1. The van der Waals surface area contributed by atoms with Crippen LogP contribution in [0.1, 0.15) is 40.5 Å². The topological polar surface area (TPSA) is 27.7 Å². The molecule has 0 atom stereocenters. The summed E-state index contributed by atoms with van der Waals surface area (Å²) >= 11 is 0. The van der Waals surface area contributed by atoms with Crippen molar-refractivity contribution in [2.75, 3.05) is 59.0 Å². The summed E-state index contributed by atoms with van der Waals surface area (Å²) in [5.41, 5.74) is 0.324. The highest BCUT2D eigenvalue weighted by Gasteiger charge is 2.25. The normalized spacial score (nSPS) is 18.6. The minimum Gasteiger partial charge on any atom is -0.382 e. The first-order chi connectivity index (χ1) is 9.54. The second kappa shape index (κ2) is 9.72. The Kier molecular flexibility index (Phi) is 8.69. The Balaban J connectivity index is 1.94. The second-order valence-corrected chi connectivity index (χ2v) is 6.65. The lowest BCUT2D eigenvalue weighted by Crippen LogP contribution is -2.54. The van der Waals surface area contributed by atoms with Crippen LogP contribution in [-0.4, -0.2) is 74.4 Å². The Labute approximate surface area is 125 Å². The van der Waals surface area contributed by atoms with Crippen molar-refractivity contribution in [3.8, 4) is 0 Å². The van der Waals surface area contributed by atoms with Crippen molar-refractivity contribution in [2.45, 2.75) is 46.1 Å². The van der Waals surface area contributed by atoms with Crippen molar-refractivity contribution >= 4 is 0 Å². The molecule has 4 nitrogen and oxygen atoms in total. The number of hydrogen-bond acceptors (Lipinski definition) is 4. The Hall–Kier alpha value is -0.160. The first-order valence-electron chi connectivity index (χ1n) is 8.30. The van der Waals surface area contributed by atoms with Crippen molar-refractivity contribution < 1.29 is 4.74 Å². The SMILES string of the molecule is CCOCCCCNCCN1CCN(C(C)(C)C)CC1. The van der Waals surface area contributed by atoms with E-state index in [9.17, 15) is 0 Å². The third-order valence-electron chi connectivity index (χ3n) is 4.02. The molecule has 0 aromatic rings. The lowest BCUT2D eigenvalue weighted by Gasteiger charge is -2.42. The number of hydrogen-bond donors (Lipinski definition) is 1. The van der Waals surface area contributed by atoms with Crippen LogP contribution >= 0.6 is 0 Å². The van der Waals surface area contributed by atoms with Gasteiger partial charge in [0.1, 0.15) is 0 Å². The summed E-state index contributed by atoms with van der Waals surface area (Å²) in [5.74, 6) is 0. The van der Waals surface area contributed by atoms with Crippen LogP contribution in [0.4, 0.5) is 0 Å². The third-order valence-corrected chi connectivity index (χ3v) is 4.02. The molecule has 1 rings (SSSR count). The van der Waals surface area contributed by atoms with Gasteiger partial charge < -0.3 is 10.1 Å². The minimum atomic E-state index is 0.324. The highest BCUT2D eigenvalue weighted by molar-refractivity contribution is 4.81. The van der Waals surface area contributed by atoms with E-state index >= 15 is 0 Å². The first kappa shape index (κ1) is 17.9. The van der Waals surface area contributed by atoms with Crippen LogP contribution in [0.15, 0.2) is 0 Å². The molecule has 1 N–H and O–H groups in total. The molecule has 0 aromatic heterocycles. The molecular formula is C16H35N3O. The van der Waals surface area contributed by atoms with E-state index < -0.39 is 0 Å². The van der Waals surface area contributed by atoms with E-state index in [0.717, 1.165) is 26.3 Å². The molecule has 1 fully saturated rings. The van der Waals surface area contributed by atoms with Gasteiger partial charge in [-0.15, -0.1) is 0 Å². The Bertz CT molecular complexity index is 232. The van der Waals surface area contributed by atoms with Gasteiger partial charge in [-0.1, -0.05) is 0 Å². The molecule has 1 saturated heterocycles. The maximum absolute atomic E-state index is 5.33. The molecule has 1 aliphatic rings. The highest BCUT2D eigenvalue weighted by Crippen LogP contribution is 2.15. The van der Waals surface area contributed by atoms with E-state index in [-0.39, 0.29) is 0 Å². The summed E-state index contributed by atoms with van der Waals surface area (Å²) < 4.78 is 5.33.